The second-order valence-electron chi connectivity index (χ2n) is 2.73. The zero-order valence-electron chi connectivity index (χ0n) is 7.17. The lowest BCUT2D eigenvalue weighted by Gasteiger charge is -2.11. The Balaban J connectivity index is 3.45. The maximum atomic E-state index is 13.1. The Bertz CT molecular complexity index is 399. The van der Waals surface area contributed by atoms with Crippen molar-refractivity contribution in [2.45, 2.75) is 6.04 Å². The van der Waals surface area contributed by atoms with E-state index in [-0.39, 0.29) is 0 Å². The van der Waals surface area contributed by atoms with Crippen molar-refractivity contribution in [1.29, 1.82) is 0 Å². The second-order valence-corrected chi connectivity index (χ2v) is 3.14. The summed E-state index contributed by atoms with van der Waals surface area (Å²) in [6.07, 6.45) is 0. The molecule has 0 radical (unpaired) electrons. The van der Waals surface area contributed by atoms with E-state index < -0.39 is 40.0 Å². The van der Waals surface area contributed by atoms with Gasteiger partial charge in [-0.1, -0.05) is 11.6 Å². The number of carbonyl (C=O) groups is 1. The maximum absolute atomic E-state index is 13.1. The number of hydrogen-bond donors (Lipinski definition) is 3. The average molecular weight is 238 g/mol. The van der Waals surface area contributed by atoms with E-state index in [0.29, 0.717) is 6.07 Å². The van der Waals surface area contributed by atoms with Gasteiger partial charge in [0, 0.05) is 0 Å². The van der Waals surface area contributed by atoms with E-state index in [0.717, 1.165) is 0 Å². The standard InChI is InChI=1S/C8H6ClF2NO3/c9-2-1-3(10)5(11)4(7(2)13)6(12)8(14)15/h1,6,13H,12H2,(H,14,15). The van der Waals surface area contributed by atoms with E-state index in [1.807, 2.05) is 0 Å². The minimum atomic E-state index is -1.88. The van der Waals surface area contributed by atoms with Gasteiger partial charge in [-0.25, -0.2) is 8.78 Å². The third-order valence-electron chi connectivity index (χ3n) is 1.76. The van der Waals surface area contributed by atoms with Gasteiger partial charge in [0.05, 0.1) is 10.6 Å². The minimum Gasteiger partial charge on any atom is -0.506 e. The van der Waals surface area contributed by atoms with Crippen LogP contribution in [0.2, 0.25) is 5.02 Å². The van der Waals surface area contributed by atoms with Crippen LogP contribution in [0.5, 0.6) is 5.75 Å². The molecule has 1 unspecified atom stereocenters. The zero-order valence-corrected chi connectivity index (χ0v) is 7.92. The Morgan fingerprint density at radius 2 is 2.07 bits per heavy atom. The molecule has 0 aliphatic carbocycles. The summed E-state index contributed by atoms with van der Waals surface area (Å²) in [5.74, 6) is -5.37. The summed E-state index contributed by atoms with van der Waals surface area (Å²) in [5, 5.41) is 17.2. The van der Waals surface area contributed by atoms with E-state index in [2.05, 4.69) is 0 Å². The van der Waals surface area contributed by atoms with Crippen LogP contribution in [0.4, 0.5) is 8.78 Å². The summed E-state index contributed by atoms with van der Waals surface area (Å²) < 4.78 is 25.9. The average Bonchev–Trinajstić information content (AvgIpc) is 2.15. The fraction of sp³-hybridized carbons (Fsp3) is 0.125. The first-order valence-electron chi connectivity index (χ1n) is 3.71. The van der Waals surface area contributed by atoms with Crippen molar-refractivity contribution in [3.05, 3.63) is 28.3 Å². The molecule has 0 fully saturated rings. The van der Waals surface area contributed by atoms with Crippen LogP contribution in [0.3, 0.4) is 0 Å². The predicted octanol–water partition coefficient (Wildman–Crippen LogP) is 1.41. The lowest BCUT2D eigenvalue weighted by molar-refractivity contribution is -0.138. The second kappa shape index (κ2) is 4.00. The summed E-state index contributed by atoms with van der Waals surface area (Å²) in [7, 11) is 0. The number of benzene rings is 1. The SMILES string of the molecule is NC(C(=O)O)c1c(O)c(Cl)cc(F)c1F. The lowest BCUT2D eigenvalue weighted by Crippen LogP contribution is -2.22. The number of carboxylic acids is 1. The highest BCUT2D eigenvalue weighted by Crippen LogP contribution is 2.34. The van der Waals surface area contributed by atoms with Crippen molar-refractivity contribution in [3.63, 3.8) is 0 Å². The quantitative estimate of drug-likeness (QED) is 0.679. The van der Waals surface area contributed by atoms with Gasteiger partial charge >= 0.3 is 5.97 Å². The number of hydrogen-bond acceptors (Lipinski definition) is 3. The van der Waals surface area contributed by atoms with Gasteiger partial charge in [-0.3, -0.25) is 4.79 Å². The molecule has 1 atom stereocenters. The minimum absolute atomic E-state index is 0.499. The van der Waals surface area contributed by atoms with Crippen molar-refractivity contribution in [2.75, 3.05) is 0 Å². The Morgan fingerprint density at radius 3 is 2.53 bits per heavy atom. The van der Waals surface area contributed by atoms with E-state index in [9.17, 15) is 18.7 Å². The smallest absolute Gasteiger partial charge is 0.325 e. The topological polar surface area (TPSA) is 83.6 Å². The summed E-state index contributed by atoms with van der Waals surface area (Å²) in [6, 6.07) is -1.34. The predicted molar refractivity (Wildman–Crippen MR) is 47.6 cm³/mol. The van der Waals surface area contributed by atoms with Crippen LogP contribution in [-0.4, -0.2) is 16.2 Å². The van der Waals surface area contributed by atoms with E-state index in [4.69, 9.17) is 22.4 Å². The van der Waals surface area contributed by atoms with Crippen LogP contribution in [-0.2, 0) is 4.79 Å². The number of phenols is 1. The summed E-state index contributed by atoms with van der Waals surface area (Å²) >= 11 is 5.33. The Kier molecular flexibility index (Phi) is 3.11. The van der Waals surface area contributed by atoms with E-state index in [1.54, 1.807) is 0 Å². The highest BCUT2D eigenvalue weighted by atomic mass is 35.5. The Morgan fingerprint density at radius 1 is 1.53 bits per heavy atom. The van der Waals surface area contributed by atoms with Gasteiger partial charge in [-0.05, 0) is 6.07 Å². The highest BCUT2D eigenvalue weighted by molar-refractivity contribution is 6.32. The number of nitrogens with two attached hydrogens (primary N) is 1. The molecule has 0 saturated heterocycles. The molecular weight excluding hydrogens is 232 g/mol. The molecule has 15 heavy (non-hydrogen) atoms. The molecule has 0 aromatic heterocycles. The van der Waals surface area contributed by atoms with Crippen molar-refractivity contribution in [3.8, 4) is 5.75 Å². The van der Waals surface area contributed by atoms with Crippen molar-refractivity contribution < 1.29 is 23.8 Å². The first kappa shape index (κ1) is 11.7. The molecule has 0 amide bonds. The van der Waals surface area contributed by atoms with Gasteiger partial charge in [0.25, 0.3) is 0 Å². The van der Waals surface area contributed by atoms with Crippen molar-refractivity contribution >= 4 is 17.6 Å². The van der Waals surface area contributed by atoms with Gasteiger partial charge in [0.1, 0.15) is 11.8 Å². The van der Waals surface area contributed by atoms with Crippen molar-refractivity contribution in [1.82, 2.24) is 0 Å². The van der Waals surface area contributed by atoms with Crippen LogP contribution in [0.15, 0.2) is 6.07 Å². The van der Waals surface area contributed by atoms with Crippen molar-refractivity contribution in [2.24, 2.45) is 5.73 Å². The molecule has 1 rings (SSSR count). The first-order valence-corrected chi connectivity index (χ1v) is 4.08. The molecule has 0 heterocycles. The molecule has 82 valence electrons. The largest absolute Gasteiger partial charge is 0.506 e. The molecule has 0 saturated carbocycles. The normalized spacial score (nSPS) is 12.5. The van der Waals surface area contributed by atoms with E-state index >= 15 is 0 Å². The number of aliphatic carboxylic acids is 1. The van der Waals surface area contributed by atoms with Gasteiger partial charge in [0.2, 0.25) is 0 Å². The van der Waals surface area contributed by atoms with Crippen LogP contribution >= 0.6 is 11.6 Å². The number of carboxylic acid groups (broad SMARTS) is 1. The monoisotopic (exact) mass is 237 g/mol. The Labute approximate surface area is 87.9 Å². The molecule has 7 heteroatoms. The molecule has 0 aliphatic rings. The lowest BCUT2D eigenvalue weighted by atomic mass is 10.1. The number of rotatable bonds is 2. The van der Waals surface area contributed by atoms with E-state index in [1.165, 1.54) is 0 Å². The van der Waals surface area contributed by atoms with Gasteiger partial charge in [0.15, 0.2) is 11.6 Å². The molecule has 4 nitrogen and oxygen atoms in total. The third kappa shape index (κ3) is 2.00. The number of aromatic hydroxyl groups is 1. The number of phenolic OH excluding ortho intramolecular Hbond substituents is 1. The molecule has 0 bridgehead atoms. The summed E-state index contributed by atoms with van der Waals surface area (Å²) in [4.78, 5) is 10.5. The Hall–Kier alpha value is -1.40. The van der Waals surface area contributed by atoms with Gasteiger partial charge in [-0.2, -0.15) is 0 Å². The van der Waals surface area contributed by atoms with Crippen LogP contribution < -0.4 is 5.73 Å². The van der Waals surface area contributed by atoms with Crippen LogP contribution in [0.1, 0.15) is 11.6 Å². The fourth-order valence-electron chi connectivity index (χ4n) is 1.01. The highest BCUT2D eigenvalue weighted by Gasteiger charge is 2.26. The zero-order chi connectivity index (χ0) is 11.7. The summed E-state index contributed by atoms with van der Waals surface area (Å²) in [5.41, 5.74) is 4.18. The summed E-state index contributed by atoms with van der Waals surface area (Å²) in [6.45, 7) is 0. The van der Waals surface area contributed by atoms with Crippen LogP contribution in [0.25, 0.3) is 0 Å². The van der Waals surface area contributed by atoms with Gasteiger partial charge in [-0.15, -0.1) is 0 Å². The maximum Gasteiger partial charge on any atom is 0.325 e. The third-order valence-corrected chi connectivity index (χ3v) is 2.05. The molecule has 1 aromatic rings. The van der Waals surface area contributed by atoms with Gasteiger partial charge < -0.3 is 15.9 Å². The molecular formula is C8H6ClF2NO3. The molecule has 1 aromatic carbocycles. The first-order chi connectivity index (χ1) is 6.86. The number of halogens is 3. The molecule has 0 spiro atoms. The molecule has 0 aliphatic heterocycles. The van der Waals surface area contributed by atoms with Crippen LogP contribution in [0, 0.1) is 11.6 Å². The molecule has 4 N–H and O–H groups in total. The fourth-order valence-corrected chi connectivity index (χ4v) is 1.21.